The average molecular weight is 485 g/mol. The number of aryl methyl sites for hydroxylation is 2. The maximum Gasteiger partial charge on any atom is 0.242 e. The van der Waals surface area contributed by atoms with Crippen LogP contribution in [0.2, 0.25) is 0 Å². The predicted molar refractivity (Wildman–Crippen MR) is 132 cm³/mol. The van der Waals surface area contributed by atoms with Crippen molar-refractivity contribution in [3.8, 4) is 11.4 Å². The number of imidazole rings is 1. The first-order valence-corrected chi connectivity index (χ1v) is 13.2. The molecule has 0 bridgehead atoms. The summed E-state index contributed by atoms with van der Waals surface area (Å²) in [6.45, 7) is 4.98. The summed E-state index contributed by atoms with van der Waals surface area (Å²) in [6, 6.07) is 13.4. The highest BCUT2D eigenvalue weighted by Crippen LogP contribution is 2.28. The van der Waals surface area contributed by atoms with Crippen LogP contribution in [-0.4, -0.2) is 51.1 Å². The smallest absolute Gasteiger partial charge is 0.242 e. The Labute approximate surface area is 198 Å². The highest BCUT2D eigenvalue weighted by Gasteiger charge is 2.20. The van der Waals surface area contributed by atoms with Gasteiger partial charge in [0.05, 0.1) is 21.7 Å². The minimum atomic E-state index is -3.51. The van der Waals surface area contributed by atoms with E-state index in [4.69, 9.17) is 4.98 Å². The number of sulfonamides is 1. The van der Waals surface area contributed by atoms with Crippen LogP contribution in [-0.2, 0) is 29.4 Å². The van der Waals surface area contributed by atoms with E-state index >= 15 is 0 Å². The minimum Gasteiger partial charge on any atom is -0.327 e. The first-order chi connectivity index (χ1) is 15.7. The monoisotopic (exact) mass is 484 g/mol. The van der Waals surface area contributed by atoms with Gasteiger partial charge in [0, 0.05) is 33.3 Å². The molecular formula is C23H28N6O2S2. The molecule has 0 aliphatic rings. The van der Waals surface area contributed by atoms with Crippen LogP contribution in [0.1, 0.15) is 24.7 Å². The normalized spacial score (nSPS) is 12.2. The number of fused-ring (bicyclic) bond motifs is 1. The number of nitrogens with zero attached hydrogens (tertiary/aromatic N) is 6. The molecule has 0 aliphatic carbocycles. The van der Waals surface area contributed by atoms with E-state index in [9.17, 15) is 8.42 Å². The van der Waals surface area contributed by atoms with Gasteiger partial charge < -0.3 is 9.13 Å². The zero-order chi connectivity index (χ0) is 23.8. The summed E-state index contributed by atoms with van der Waals surface area (Å²) < 4.78 is 30.5. The maximum atomic E-state index is 12.6. The summed E-state index contributed by atoms with van der Waals surface area (Å²) >= 11 is 1.57. The molecule has 4 rings (SSSR count). The summed E-state index contributed by atoms with van der Waals surface area (Å²) in [4.78, 5) is 5.03. The predicted octanol–water partition coefficient (Wildman–Crippen LogP) is 4.09. The van der Waals surface area contributed by atoms with E-state index < -0.39 is 10.0 Å². The van der Waals surface area contributed by atoms with Crippen LogP contribution in [0.5, 0.6) is 0 Å². The van der Waals surface area contributed by atoms with Crippen molar-refractivity contribution in [1.29, 1.82) is 0 Å². The first kappa shape index (κ1) is 23.5. The molecule has 0 saturated heterocycles. The molecule has 174 valence electrons. The summed E-state index contributed by atoms with van der Waals surface area (Å²) in [5.41, 5.74) is 3.82. The summed E-state index contributed by atoms with van der Waals surface area (Å²) in [7, 11) is 1.51. The molecule has 8 nitrogen and oxygen atoms in total. The zero-order valence-electron chi connectivity index (χ0n) is 19.5. The van der Waals surface area contributed by atoms with E-state index in [2.05, 4.69) is 40.7 Å². The first-order valence-electron chi connectivity index (χ1n) is 10.7. The number of rotatable bonds is 8. The van der Waals surface area contributed by atoms with Crippen molar-refractivity contribution in [2.75, 3.05) is 14.1 Å². The van der Waals surface area contributed by atoms with Gasteiger partial charge in [-0.15, -0.1) is 10.2 Å². The van der Waals surface area contributed by atoms with Gasteiger partial charge in [-0.25, -0.2) is 17.7 Å². The molecule has 0 radical (unpaired) electrons. The van der Waals surface area contributed by atoms with Crippen LogP contribution >= 0.6 is 11.8 Å². The molecule has 2 heterocycles. The molecule has 0 atom stereocenters. The summed E-state index contributed by atoms with van der Waals surface area (Å²) in [5, 5.41) is 9.58. The van der Waals surface area contributed by atoms with Gasteiger partial charge in [-0.1, -0.05) is 42.4 Å². The lowest BCUT2D eigenvalue weighted by molar-refractivity contribution is 0.521. The second-order valence-electron chi connectivity index (χ2n) is 8.14. The topological polar surface area (TPSA) is 85.9 Å². The lowest BCUT2D eigenvalue weighted by Crippen LogP contribution is -2.22. The molecule has 0 saturated carbocycles. The van der Waals surface area contributed by atoms with E-state index in [1.807, 2.05) is 29.8 Å². The summed E-state index contributed by atoms with van der Waals surface area (Å²) in [6.07, 6.45) is 0.947. The van der Waals surface area contributed by atoms with Crippen molar-refractivity contribution in [2.24, 2.45) is 7.05 Å². The lowest BCUT2D eigenvalue weighted by Gasteiger charge is -2.11. The van der Waals surface area contributed by atoms with Crippen LogP contribution in [0.25, 0.3) is 22.4 Å². The molecule has 0 amide bonds. The number of thioether (sulfide) groups is 1. The molecule has 0 N–H and O–H groups in total. The molecule has 0 spiro atoms. The Kier molecular flexibility index (Phi) is 6.60. The third kappa shape index (κ3) is 4.55. The molecule has 10 heteroatoms. The van der Waals surface area contributed by atoms with Gasteiger partial charge in [-0.05, 0) is 37.6 Å². The molecule has 2 aromatic heterocycles. The van der Waals surface area contributed by atoms with Crippen LogP contribution in [0, 0.1) is 6.92 Å². The van der Waals surface area contributed by atoms with Gasteiger partial charge in [0.2, 0.25) is 10.0 Å². The molecule has 2 aromatic carbocycles. The van der Waals surface area contributed by atoms with E-state index in [1.165, 1.54) is 24.0 Å². The fourth-order valence-electron chi connectivity index (χ4n) is 3.72. The van der Waals surface area contributed by atoms with Gasteiger partial charge in [0.25, 0.3) is 0 Å². The fourth-order valence-corrected chi connectivity index (χ4v) is 5.50. The maximum absolute atomic E-state index is 12.6. The Balaban J connectivity index is 1.64. The summed E-state index contributed by atoms with van der Waals surface area (Å²) in [5.74, 6) is 2.31. The number of aromatic nitrogens is 5. The molecular weight excluding hydrogens is 456 g/mol. The van der Waals surface area contributed by atoms with Gasteiger partial charge in [-0.3, -0.25) is 0 Å². The third-order valence-electron chi connectivity index (χ3n) is 5.47. The van der Waals surface area contributed by atoms with E-state index in [-0.39, 0.29) is 4.90 Å². The van der Waals surface area contributed by atoms with Gasteiger partial charge in [0.15, 0.2) is 11.0 Å². The Morgan fingerprint density at radius 2 is 1.88 bits per heavy atom. The molecule has 0 fully saturated rings. The largest absolute Gasteiger partial charge is 0.327 e. The van der Waals surface area contributed by atoms with Crippen LogP contribution < -0.4 is 0 Å². The third-order valence-corrected chi connectivity index (χ3v) is 8.29. The zero-order valence-corrected chi connectivity index (χ0v) is 21.1. The second kappa shape index (κ2) is 9.28. The van der Waals surface area contributed by atoms with Crippen LogP contribution in [0.4, 0.5) is 0 Å². The van der Waals surface area contributed by atoms with Crippen molar-refractivity contribution in [3.63, 3.8) is 0 Å². The van der Waals surface area contributed by atoms with Crippen LogP contribution in [0.15, 0.2) is 52.5 Å². The Hall–Kier alpha value is -2.69. The molecule has 0 unspecified atom stereocenters. The van der Waals surface area contributed by atoms with Gasteiger partial charge >= 0.3 is 0 Å². The molecule has 33 heavy (non-hydrogen) atoms. The number of hydrogen-bond acceptors (Lipinski definition) is 6. The lowest BCUT2D eigenvalue weighted by atomic mass is 10.1. The number of benzene rings is 2. The second-order valence-corrected chi connectivity index (χ2v) is 11.2. The Morgan fingerprint density at radius 1 is 1.09 bits per heavy atom. The standard InChI is InChI=1S/C23H28N6O2S2/c1-6-12-29-20-11-10-18(33(30,31)27(3)4)14-19(20)24-21(29)15-32-23-26-25-22(28(23)5)17-9-7-8-16(2)13-17/h7-11,13-14H,6,12,15H2,1-5H3. The van der Waals surface area contributed by atoms with Crippen molar-refractivity contribution in [3.05, 3.63) is 53.9 Å². The van der Waals surface area contributed by atoms with Crippen molar-refractivity contribution >= 4 is 32.8 Å². The van der Waals surface area contributed by atoms with Crippen molar-refractivity contribution in [1.82, 2.24) is 28.6 Å². The van der Waals surface area contributed by atoms with Gasteiger partial charge in [-0.2, -0.15) is 0 Å². The quantitative estimate of drug-likeness (QED) is 0.350. The molecule has 4 aromatic rings. The van der Waals surface area contributed by atoms with Crippen LogP contribution in [0.3, 0.4) is 0 Å². The Bertz CT molecular complexity index is 1410. The average Bonchev–Trinajstić information content (AvgIpc) is 3.32. The molecule has 0 aliphatic heterocycles. The number of hydrogen-bond donors (Lipinski definition) is 0. The van der Waals surface area contributed by atoms with Crippen molar-refractivity contribution in [2.45, 2.75) is 42.6 Å². The van der Waals surface area contributed by atoms with Gasteiger partial charge in [0.1, 0.15) is 5.82 Å². The highest BCUT2D eigenvalue weighted by molar-refractivity contribution is 7.98. The highest BCUT2D eigenvalue weighted by atomic mass is 32.2. The minimum absolute atomic E-state index is 0.247. The SMILES string of the molecule is CCCn1c(CSc2nnc(-c3cccc(C)c3)n2C)nc2cc(S(=O)(=O)N(C)C)ccc21. The van der Waals surface area contributed by atoms with Crippen molar-refractivity contribution < 1.29 is 8.42 Å². The Morgan fingerprint density at radius 3 is 2.58 bits per heavy atom. The fraction of sp³-hybridized carbons (Fsp3) is 0.348. The van der Waals surface area contributed by atoms with E-state index in [1.54, 1.807) is 23.9 Å². The van der Waals surface area contributed by atoms with E-state index in [0.29, 0.717) is 11.3 Å². The van der Waals surface area contributed by atoms with E-state index in [0.717, 1.165) is 40.9 Å².